The Labute approximate surface area is 206 Å². The van der Waals surface area contributed by atoms with Gasteiger partial charge in [-0.15, -0.1) is 0 Å². The quantitative estimate of drug-likeness (QED) is 0.383. The summed E-state index contributed by atoms with van der Waals surface area (Å²) in [4.78, 5) is 18.3. The molecule has 1 N–H and O–H groups in total. The Morgan fingerprint density at radius 1 is 1.09 bits per heavy atom. The molecule has 0 radical (unpaired) electrons. The smallest absolute Gasteiger partial charge is 0.374 e. The van der Waals surface area contributed by atoms with Gasteiger partial charge in [-0.1, -0.05) is 52.6 Å². The lowest BCUT2D eigenvalue weighted by Crippen LogP contribution is -2.61. The lowest BCUT2D eigenvalue weighted by atomic mass is 9.85. The van der Waals surface area contributed by atoms with Crippen LogP contribution in [0.3, 0.4) is 0 Å². The van der Waals surface area contributed by atoms with Crippen molar-refractivity contribution in [3.8, 4) is 0 Å². The molecule has 186 valence electrons. The van der Waals surface area contributed by atoms with Gasteiger partial charge in [-0.2, -0.15) is 13.2 Å². The molecule has 12 heteroatoms. The largest absolute Gasteiger partial charge is 0.435 e. The molecular weight excluding hydrogens is 516 g/mol. The van der Waals surface area contributed by atoms with E-state index in [4.69, 9.17) is 28.0 Å². The number of alkyl halides is 4. The molecule has 1 atom stereocenters. The molecule has 1 unspecified atom stereocenters. The van der Waals surface area contributed by atoms with E-state index >= 15 is 4.39 Å². The molecule has 1 saturated heterocycles. The van der Waals surface area contributed by atoms with E-state index in [1.165, 1.54) is 29.2 Å². The lowest BCUT2D eigenvalue weighted by Gasteiger charge is -2.44. The molecule has 5 rings (SSSR count). The minimum Gasteiger partial charge on any atom is -0.374 e. The molecule has 0 spiro atoms. The van der Waals surface area contributed by atoms with Crippen LogP contribution in [0.1, 0.15) is 36.0 Å². The zero-order chi connectivity index (χ0) is 25.2. The predicted octanol–water partition coefficient (Wildman–Crippen LogP) is 6.07. The minimum atomic E-state index is -4.93. The summed E-state index contributed by atoms with van der Waals surface area (Å²) in [6.45, 7) is -0.226. The average molecular weight is 534 g/mol. The standard InChI is InChI=1S/C23H18Cl2F5N3O2/c24-16-7-14(8-17(25)19(16)26)22(23(28,29)30)9-18(32-35-22)12-1-3-13(4-2-12)21(27)10-33(11-21)20(34)31-15-5-6-15/h1-4,7-8,15H,5-6,9-11H2,(H,31,34). The maximum Gasteiger partial charge on any atom is 0.435 e. The molecule has 2 heterocycles. The molecule has 2 aliphatic heterocycles. The number of carbonyl (C=O) groups excluding carboxylic acids is 1. The van der Waals surface area contributed by atoms with Crippen LogP contribution in [0.15, 0.2) is 41.6 Å². The predicted molar refractivity (Wildman–Crippen MR) is 119 cm³/mol. The highest BCUT2D eigenvalue weighted by atomic mass is 35.5. The van der Waals surface area contributed by atoms with E-state index < -0.39 is 45.3 Å². The molecule has 3 aliphatic rings. The molecule has 0 bridgehead atoms. The number of hydrogen-bond acceptors (Lipinski definition) is 3. The fraction of sp³-hybridized carbons (Fsp3) is 0.391. The van der Waals surface area contributed by atoms with Gasteiger partial charge in [0, 0.05) is 18.0 Å². The van der Waals surface area contributed by atoms with Crippen molar-refractivity contribution in [2.45, 2.75) is 42.8 Å². The highest BCUT2D eigenvalue weighted by Gasteiger charge is 2.62. The molecular formula is C23H18Cl2F5N3O2. The van der Waals surface area contributed by atoms with Gasteiger partial charge in [0.05, 0.1) is 28.8 Å². The molecule has 5 nitrogen and oxygen atoms in total. The first-order valence-corrected chi connectivity index (χ1v) is 11.5. The molecule has 1 aliphatic carbocycles. The lowest BCUT2D eigenvalue weighted by molar-refractivity contribution is -0.275. The number of oxime groups is 1. The number of benzene rings is 2. The molecule has 0 aromatic heterocycles. The summed E-state index contributed by atoms with van der Waals surface area (Å²) in [5.74, 6) is -1.04. The minimum absolute atomic E-state index is 0.0302. The summed E-state index contributed by atoms with van der Waals surface area (Å²) in [6, 6.07) is 7.28. The third-order valence-electron chi connectivity index (χ3n) is 6.45. The summed E-state index contributed by atoms with van der Waals surface area (Å²) in [7, 11) is 0. The van der Waals surface area contributed by atoms with Crippen LogP contribution in [0.4, 0.5) is 26.7 Å². The Hall–Kier alpha value is -2.59. The monoisotopic (exact) mass is 533 g/mol. The van der Waals surface area contributed by atoms with Crippen LogP contribution >= 0.6 is 23.2 Å². The van der Waals surface area contributed by atoms with Crippen molar-refractivity contribution in [1.29, 1.82) is 0 Å². The van der Waals surface area contributed by atoms with Crippen molar-refractivity contribution in [3.05, 3.63) is 69.0 Å². The summed E-state index contributed by atoms with van der Waals surface area (Å²) >= 11 is 11.4. The van der Waals surface area contributed by atoms with E-state index in [0.29, 0.717) is 11.1 Å². The number of amides is 2. The van der Waals surface area contributed by atoms with Crippen molar-refractivity contribution in [2.24, 2.45) is 5.16 Å². The number of halogens is 7. The van der Waals surface area contributed by atoms with E-state index in [-0.39, 0.29) is 30.9 Å². The number of nitrogens with zero attached hydrogens (tertiary/aromatic N) is 2. The average Bonchev–Trinajstić information content (AvgIpc) is 3.47. The van der Waals surface area contributed by atoms with Gasteiger partial charge in [-0.05, 0) is 36.1 Å². The molecule has 35 heavy (non-hydrogen) atoms. The molecule has 2 aromatic rings. The third-order valence-corrected chi connectivity index (χ3v) is 7.00. The van der Waals surface area contributed by atoms with Gasteiger partial charge in [-0.3, -0.25) is 0 Å². The maximum atomic E-state index is 15.2. The fourth-order valence-electron chi connectivity index (χ4n) is 4.19. The van der Waals surface area contributed by atoms with E-state index in [0.717, 1.165) is 25.0 Å². The highest BCUT2D eigenvalue weighted by molar-refractivity contribution is 6.35. The van der Waals surface area contributed by atoms with Crippen molar-refractivity contribution in [2.75, 3.05) is 13.1 Å². The Balaban J connectivity index is 1.33. The molecule has 2 aromatic carbocycles. The van der Waals surface area contributed by atoms with Gasteiger partial charge in [0.2, 0.25) is 0 Å². The first-order valence-electron chi connectivity index (χ1n) is 10.7. The number of carbonyl (C=O) groups is 1. The van der Waals surface area contributed by atoms with Gasteiger partial charge in [0.25, 0.3) is 5.60 Å². The van der Waals surface area contributed by atoms with Crippen molar-refractivity contribution >= 4 is 34.9 Å². The Morgan fingerprint density at radius 3 is 2.23 bits per heavy atom. The Bertz CT molecular complexity index is 1190. The number of nitrogens with one attached hydrogen (secondary N) is 1. The summed E-state index contributed by atoms with van der Waals surface area (Å²) in [6.07, 6.45) is -3.80. The SMILES string of the molecule is O=C(NC1CC1)N1CC(F)(c2ccc(C3=NOC(c4cc(Cl)c(F)c(Cl)c4)(C(F)(F)F)C3)cc2)C1. The molecule has 2 amide bonds. The van der Waals surface area contributed by atoms with Gasteiger partial charge >= 0.3 is 12.2 Å². The molecule has 1 saturated carbocycles. The van der Waals surface area contributed by atoms with E-state index in [2.05, 4.69) is 10.5 Å². The van der Waals surface area contributed by atoms with E-state index in [1.807, 2.05) is 0 Å². The highest BCUT2D eigenvalue weighted by Crippen LogP contribution is 2.50. The summed E-state index contributed by atoms with van der Waals surface area (Å²) in [5, 5.41) is 5.28. The van der Waals surface area contributed by atoms with Gasteiger partial charge < -0.3 is 15.1 Å². The second-order valence-corrected chi connectivity index (χ2v) is 9.82. The second kappa shape index (κ2) is 8.23. The number of urea groups is 1. The van der Waals surface area contributed by atoms with Gasteiger partial charge in [0.15, 0.2) is 11.5 Å². The van der Waals surface area contributed by atoms with Gasteiger partial charge in [0.1, 0.15) is 0 Å². The van der Waals surface area contributed by atoms with Crippen LogP contribution in [0.5, 0.6) is 0 Å². The normalized spacial score (nSPS) is 23.4. The topological polar surface area (TPSA) is 53.9 Å². The zero-order valence-electron chi connectivity index (χ0n) is 17.9. The third kappa shape index (κ3) is 4.20. The first kappa shape index (κ1) is 24.1. The summed E-state index contributed by atoms with van der Waals surface area (Å²) < 4.78 is 71.5. The zero-order valence-corrected chi connectivity index (χ0v) is 19.4. The Morgan fingerprint density at radius 2 is 1.69 bits per heavy atom. The number of hydrogen-bond donors (Lipinski definition) is 1. The van der Waals surface area contributed by atoms with Crippen LogP contribution in [0, 0.1) is 5.82 Å². The Kier molecular flexibility index (Phi) is 5.67. The summed E-state index contributed by atoms with van der Waals surface area (Å²) in [5.41, 5.74) is -4.57. The first-order chi connectivity index (χ1) is 16.4. The van der Waals surface area contributed by atoms with Crippen molar-refractivity contribution in [1.82, 2.24) is 10.2 Å². The number of likely N-dealkylation sites (tertiary alicyclic amines) is 1. The van der Waals surface area contributed by atoms with Crippen molar-refractivity contribution in [3.63, 3.8) is 0 Å². The van der Waals surface area contributed by atoms with Gasteiger partial charge in [-0.25, -0.2) is 13.6 Å². The van der Waals surface area contributed by atoms with Crippen LogP contribution in [-0.4, -0.2) is 42.0 Å². The van der Waals surface area contributed by atoms with Crippen LogP contribution in [-0.2, 0) is 16.1 Å². The van der Waals surface area contributed by atoms with Crippen LogP contribution in [0.2, 0.25) is 10.0 Å². The van der Waals surface area contributed by atoms with Crippen LogP contribution < -0.4 is 5.32 Å². The van der Waals surface area contributed by atoms with Crippen molar-refractivity contribution < 1.29 is 31.6 Å². The van der Waals surface area contributed by atoms with E-state index in [9.17, 15) is 22.4 Å². The number of rotatable bonds is 4. The van der Waals surface area contributed by atoms with Crippen LogP contribution in [0.25, 0.3) is 0 Å². The molecule has 2 fully saturated rings. The fourth-order valence-corrected chi connectivity index (χ4v) is 4.67. The van der Waals surface area contributed by atoms with E-state index in [1.54, 1.807) is 0 Å². The second-order valence-electron chi connectivity index (χ2n) is 9.01. The maximum absolute atomic E-state index is 15.2.